The van der Waals surface area contributed by atoms with Crippen molar-refractivity contribution >= 4 is 6.09 Å². The van der Waals surface area contributed by atoms with E-state index in [1.165, 1.54) is 0 Å². The number of nitrogens with one attached hydrogen (secondary N) is 1. The lowest BCUT2D eigenvalue weighted by molar-refractivity contribution is 0.0522. The molecule has 0 fully saturated rings. The van der Waals surface area contributed by atoms with Crippen molar-refractivity contribution in [3.8, 4) is 0 Å². The van der Waals surface area contributed by atoms with Crippen LogP contribution in [0.2, 0.25) is 0 Å². The van der Waals surface area contributed by atoms with E-state index in [-0.39, 0.29) is 12.5 Å². The third-order valence-corrected chi connectivity index (χ3v) is 3.13. The Labute approximate surface area is 126 Å². The predicted molar refractivity (Wildman–Crippen MR) is 81.9 cm³/mol. The number of aromatic nitrogens is 1. The van der Waals surface area contributed by atoms with Crippen molar-refractivity contribution in [3.63, 3.8) is 0 Å². The SMILES string of the molecule is CCC(CO)Cc1cccnc1CNC(=O)OC(C)(C)C. The minimum Gasteiger partial charge on any atom is -0.444 e. The number of nitrogens with zero attached hydrogens (tertiary/aromatic N) is 1. The van der Waals surface area contributed by atoms with Gasteiger partial charge in [0.2, 0.25) is 0 Å². The van der Waals surface area contributed by atoms with Crippen molar-refractivity contribution in [2.24, 2.45) is 5.92 Å². The molecule has 1 aromatic rings. The van der Waals surface area contributed by atoms with Gasteiger partial charge in [-0.3, -0.25) is 4.98 Å². The van der Waals surface area contributed by atoms with Crippen LogP contribution in [0.4, 0.5) is 4.79 Å². The summed E-state index contributed by atoms with van der Waals surface area (Å²) in [5.41, 5.74) is 1.35. The van der Waals surface area contributed by atoms with Crippen molar-refractivity contribution in [3.05, 3.63) is 29.6 Å². The van der Waals surface area contributed by atoms with Gasteiger partial charge in [0.25, 0.3) is 0 Å². The number of pyridine rings is 1. The number of amides is 1. The van der Waals surface area contributed by atoms with E-state index in [0.29, 0.717) is 6.54 Å². The molecular formula is C16H26N2O3. The van der Waals surface area contributed by atoms with Crippen LogP contribution < -0.4 is 5.32 Å². The molecule has 0 aliphatic carbocycles. The van der Waals surface area contributed by atoms with Crippen molar-refractivity contribution in [1.29, 1.82) is 0 Å². The fraction of sp³-hybridized carbons (Fsp3) is 0.625. The second-order valence-electron chi connectivity index (χ2n) is 6.13. The summed E-state index contributed by atoms with van der Waals surface area (Å²) < 4.78 is 5.20. The van der Waals surface area contributed by atoms with Gasteiger partial charge in [-0.2, -0.15) is 0 Å². The number of carbonyl (C=O) groups excluding carboxylic acids is 1. The van der Waals surface area contributed by atoms with Crippen LogP contribution in [0.15, 0.2) is 18.3 Å². The van der Waals surface area contributed by atoms with E-state index in [1.807, 2.05) is 32.9 Å². The first-order chi connectivity index (χ1) is 9.85. The van der Waals surface area contributed by atoms with E-state index in [2.05, 4.69) is 17.2 Å². The largest absolute Gasteiger partial charge is 0.444 e. The van der Waals surface area contributed by atoms with Crippen LogP contribution in [0.3, 0.4) is 0 Å². The number of ether oxygens (including phenoxy) is 1. The molecule has 0 saturated carbocycles. The zero-order chi connectivity index (χ0) is 15.9. The number of hydrogen-bond acceptors (Lipinski definition) is 4. The number of aliphatic hydroxyl groups is 1. The number of hydrogen-bond donors (Lipinski definition) is 2. The van der Waals surface area contributed by atoms with Gasteiger partial charge in [-0.25, -0.2) is 4.79 Å². The monoisotopic (exact) mass is 294 g/mol. The fourth-order valence-corrected chi connectivity index (χ4v) is 1.94. The quantitative estimate of drug-likeness (QED) is 0.846. The fourth-order valence-electron chi connectivity index (χ4n) is 1.94. The normalized spacial score (nSPS) is 12.8. The second kappa shape index (κ2) is 7.98. The van der Waals surface area contributed by atoms with E-state index in [1.54, 1.807) is 6.20 Å². The van der Waals surface area contributed by atoms with Gasteiger partial charge < -0.3 is 15.2 Å². The maximum atomic E-state index is 11.7. The molecule has 0 aromatic carbocycles. The maximum Gasteiger partial charge on any atom is 0.407 e. The minimum atomic E-state index is -0.513. The molecule has 1 atom stereocenters. The lowest BCUT2D eigenvalue weighted by Crippen LogP contribution is -2.32. The molecule has 1 rings (SSSR count). The van der Waals surface area contributed by atoms with Crippen molar-refractivity contribution in [2.45, 2.75) is 52.7 Å². The number of rotatable bonds is 6. The maximum absolute atomic E-state index is 11.7. The van der Waals surface area contributed by atoms with Crippen LogP contribution in [0, 0.1) is 5.92 Å². The first kappa shape index (κ1) is 17.4. The van der Waals surface area contributed by atoms with Gasteiger partial charge >= 0.3 is 6.09 Å². The third-order valence-electron chi connectivity index (χ3n) is 3.13. The van der Waals surface area contributed by atoms with Gasteiger partial charge in [0.1, 0.15) is 5.60 Å². The topological polar surface area (TPSA) is 71.5 Å². The lowest BCUT2D eigenvalue weighted by atomic mass is 9.97. The van der Waals surface area contributed by atoms with Crippen molar-refractivity contribution in [2.75, 3.05) is 6.61 Å². The summed E-state index contributed by atoms with van der Waals surface area (Å²) in [7, 11) is 0. The molecular weight excluding hydrogens is 268 g/mol. The highest BCUT2D eigenvalue weighted by atomic mass is 16.6. The number of alkyl carbamates (subject to hydrolysis) is 1. The Morgan fingerprint density at radius 3 is 2.76 bits per heavy atom. The summed E-state index contributed by atoms with van der Waals surface area (Å²) in [6, 6.07) is 3.85. The summed E-state index contributed by atoms with van der Waals surface area (Å²) in [5.74, 6) is 0.217. The van der Waals surface area contributed by atoms with Crippen LogP contribution >= 0.6 is 0 Å². The molecule has 0 aliphatic heterocycles. The molecule has 2 N–H and O–H groups in total. The van der Waals surface area contributed by atoms with E-state index in [9.17, 15) is 9.90 Å². The first-order valence-electron chi connectivity index (χ1n) is 7.36. The smallest absolute Gasteiger partial charge is 0.407 e. The first-order valence-corrected chi connectivity index (χ1v) is 7.36. The van der Waals surface area contributed by atoms with E-state index in [0.717, 1.165) is 24.1 Å². The highest BCUT2D eigenvalue weighted by Crippen LogP contribution is 2.15. The minimum absolute atomic E-state index is 0.157. The molecule has 0 spiro atoms. The van der Waals surface area contributed by atoms with Gasteiger partial charge in [-0.1, -0.05) is 19.4 Å². The molecule has 5 nitrogen and oxygen atoms in total. The van der Waals surface area contributed by atoms with Crippen molar-refractivity contribution in [1.82, 2.24) is 10.3 Å². The van der Waals surface area contributed by atoms with Gasteiger partial charge in [0, 0.05) is 12.8 Å². The molecule has 1 aromatic heterocycles. The lowest BCUT2D eigenvalue weighted by Gasteiger charge is -2.20. The van der Waals surface area contributed by atoms with Crippen LogP contribution in [0.1, 0.15) is 45.4 Å². The molecule has 118 valence electrons. The Hall–Kier alpha value is -1.62. The average Bonchev–Trinajstić information content (AvgIpc) is 2.41. The second-order valence-corrected chi connectivity index (χ2v) is 6.13. The van der Waals surface area contributed by atoms with Gasteiger partial charge in [0.15, 0.2) is 0 Å². The molecule has 21 heavy (non-hydrogen) atoms. The van der Waals surface area contributed by atoms with Gasteiger partial charge in [-0.05, 0) is 44.7 Å². The molecule has 0 bridgehead atoms. The van der Waals surface area contributed by atoms with Crippen LogP contribution in [-0.2, 0) is 17.7 Å². The van der Waals surface area contributed by atoms with Crippen LogP contribution in [0.25, 0.3) is 0 Å². The zero-order valence-electron chi connectivity index (χ0n) is 13.3. The highest BCUT2D eigenvalue weighted by molar-refractivity contribution is 5.67. The summed E-state index contributed by atoms with van der Waals surface area (Å²) in [4.78, 5) is 16.0. The van der Waals surface area contributed by atoms with Gasteiger partial charge in [-0.15, -0.1) is 0 Å². The van der Waals surface area contributed by atoms with E-state index in [4.69, 9.17) is 4.74 Å². The Balaban J connectivity index is 2.65. The standard InChI is InChI=1S/C16H26N2O3/c1-5-12(11-19)9-13-7-6-8-17-14(13)10-18-15(20)21-16(2,3)4/h6-8,12,19H,5,9-11H2,1-4H3,(H,18,20). The number of carbonyl (C=O) groups is 1. The molecule has 1 amide bonds. The van der Waals surface area contributed by atoms with Crippen molar-refractivity contribution < 1.29 is 14.6 Å². The summed E-state index contributed by atoms with van der Waals surface area (Å²) in [5, 5.41) is 12.0. The number of aliphatic hydroxyl groups excluding tert-OH is 1. The zero-order valence-corrected chi connectivity index (χ0v) is 13.3. The van der Waals surface area contributed by atoms with E-state index >= 15 is 0 Å². The Kier molecular flexibility index (Phi) is 6.62. The van der Waals surface area contributed by atoms with Gasteiger partial charge in [0.05, 0.1) is 12.2 Å². The average molecular weight is 294 g/mol. The Morgan fingerprint density at radius 2 is 2.19 bits per heavy atom. The van der Waals surface area contributed by atoms with E-state index < -0.39 is 11.7 Å². The Bertz CT molecular complexity index is 451. The third kappa shape index (κ3) is 6.58. The molecule has 0 radical (unpaired) electrons. The molecule has 0 saturated heterocycles. The molecule has 0 aliphatic rings. The summed E-state index contributed by atoms with van der Waals surface area (Å²) in [6.45, 7) is 8.01. The molecule has 1 unspecified atom stereocenters. The Morgan fingerprint density at radius 1 is 1.48 bits per heavy atom. The summed E-state index contributed by atoms with van der Waals surface area (Å²) >= 11 is 0. The predicted octanol–water partition coefficient (Wildman–Crippen LogP) is 2.67. The summed E-state index contributed by atoms with van der Waals surface area (Å²) in [6.07, 6.45) is 2.92. The highest BCUT2D eigenvalue weighted by Gasteiger charge is 2.17. The molecule has 1 heterocycles. The van der Waals surface area contributed by atoms with Crippen LogP contribution in [-0.4, -0.2) is 28.4 Å². The molecule has 5 heteroatoms. The van der Waals surface area contributed by atoms with Crippen LogP contribution in [0.5, 0.6) is 0 Å².